The third kappa shape index (κ3) is 7.99. The maximum absolute atomic E-state index is 14.4. The maximum Gasteiger partial charge on any atom is 0.328 e. The van der Waals surface area contributed by atoms with E-state index < -0.39 is 47.5 Å². The number of methoxy groups -OCH3 is 1. The summed E-state index contributed by atoms with van der Waals surface area (Å²) >= 11 is 0. The highest BCUT2D eigenvalue weighted by Gasteiger charge is 2.30. The number of ether oxygens (including phenoxy) is 1. The third-order valence-electron chi connectivity index (χ3n) is 6.03. The van der Waals surface area contributed by atoms with Gasteiger partial charge in [-0.3, -0.25) is 9.59 Å². The molecule has 9 nitrogen and oxygen atoms in total. The molecule has 0 radical (unpaired) electrons. The highest BCUT2D eigenvalue weighted by Crippen LogP contribution is 2.25. The molecule has 6 N–H and O–H groups in total. The molecule has 11 heteroatoms. The molecule has 0 aliphatic carbocycles. The number of esters is 1. The number of phenolic OH excluding ortho intramolecular Hbond substituents is 2. The van der Waals surface area contributed by atoms with Gasteiger partial charge in [0.15, 0.2) is 11.5 Å². The summed E-state index contributed by atoms with van der Waals surface area (Å²) in [6, 6.07) is 11.5. The number of amides is 2. The van der Waals surface area contributed by atoms with Gasteiger partial charge in [-0.15, -0.1) is 0 Å². The zero-order chi connectivity index (χ0) is 28.5. The van der Waals surface area contributed by atoms with Gasteiger partial charge in [0, 0.05) is 12.8 Å². The van der Waals surface area contributed by atoms with E-state index in [0.717, 1.165) is 7.11 Å². The number of rotatable bonds is 11. The van der Waals surface area contributed by atoms with Crippen molar-refractivity contribution in [2.45, 2.75) is 37.4 Å². The molecule has 0 fully saturated rings. The Balaban J connectivity index is 1.80. The molecule has 0 spiro atoms. The average molecular weight is 542 g/mol. The minimum atomic E-state index is -1.36. The van der Waals surface area contributed by atoms with Gasteiger partial charge in [-0.1, -0.05) is 42.5 Å². The van der Waals surface area contributed by atoms with Gasteiger partial charge in [-0.25, -0.2) is 13.6 Å². The van der Waals surface area contributed by atoms with E-state index in [2.05, 4.69) is 10.6 Å². The van der Waals surface area contributed by atoms with Crippen molar-refractivity contribution in [2.24, 2.45) is 5.73 Å². The number of carbonyl (C=O) groups is 3. The Labute approximate surface area is 223 Å². The van der Waals surface area contributed by atoms with Gasteiger partial charge in [-0.2, -0.15) is 0 Å². The van der Waals surface area contributed by atoms with Crippen molar-refractivity contribution in [1.29, 1.82) is 0 Å². The van der Waals surface area contributed by atoms with Crippen LogP contribution in [0.2, 0.25) is 0 Å². The van der Waals surface area contributed by atoms with E-state index >= 15 is 0 Å². The monoisotopic (exact) mass is 541 g/mol. The van der Waals surface area contributed by atoms with Crippen LogP contribution in [0.15, 0.2) is 66.7 Å². The van der Waals surface area contributed by atoms with Gasteiger partial charge in [-0.05, 0) is 47.4 Å². The Kier molecular flexibility index (Phi) is 9.93. The van der Waals surface area contributed by atoms with Crippen LogP contribution in [0.25, 0.3) is 0 Å². The van der Waals surface area contributed by atoms with E-state index in [0.29, 0.717) is 5.56 Å². The Morgan fingerprint density at radius 2 is 1.33 bits per heavy atom. The van der Waals surface area contributed by atoms with Crippen molar-refractivity contribution in [3.63, 3.8) is 0 Å². The van der Waals surface area contributed by atoms with E-state index in [1.54, 1.807) is 12.1 Å². The normalized spacial score (nSPS) is 13.1. The first-order chi connectivity index (χ1) is 18.6. The molecule has 2 amide bonds. The lowest BCUT2D eigenvalue weighted by atomic mass is 10.0. The fourth-order valence-electron chi connectivity index (χ4n) is 3.91. The molecule has 0 bridgehead atoms. The zero-order valence-electron chi connectivity index (χ0n) is 21.1. The average Bonchev–Trinajstić information content (AvgIpc) is 2.91. The third-order valence-corrected chi connectivity index (χ3v) is 6.03. The molecule has 0 unspecified atom stereocenters. The summed E-state index contributed by atoms with van der Waals surface area (Å²) in [7, 11) is 1.11. The Morgan fingerprint density at radius 3 is 1.87 bits per heavy atom. The standard InChI is InChI=1S/C28H29F2N3O6/c1-39-28(38)23(15-18-7-3-5-9-20(18)30)33-27(37)22(14-17-6-2-4-8-19(17)29)32-26(36)21(31)12-16-10-11-24(34)25(35)13-16/h2-11,13,21-23,34-35H,12,14-15,31H2,1H3,(H,32,36)(H,33,37)/t21-,22-,23-/m0/s1. The number of halogens is 2. The highest BCUT2D eigenvalue weighted by atomic mass is 19.1. The first-order valence-electron chi connectivity index (χ1n) is 12.0. The van der Waals surface area contributed by atoms with Gasteiger partial charge in [0.25, 0.3) is 0 Å². The van der Waals surface area contributed by atoms with Crippen molar-refractivity contribution in [1.82, 2.24) is 10.6 Å². The van der Waals surface area contributed by atoms with Crippen LogP contribution >= 0.6 is 0 Å². The van der Waals surface area contributed by atoms with E-state index in [1.807, 2.05) is 0 Å². The first-order valence-corrected chi connectivity index (χ1v) is 12.0. The fourth-order valence-corrected chi connectivity index (χ4v) is 3.91. The van der Waals surface area contributed by atoms with Crippen LogP contribution in [0, 0.1) is 11.6 Å². The molecule has 0 aromatic heterocycles. The van der Waals surface area contributed by atoms with Crippen LogP contribution in [0.3, 0.4) is 0 Å². The van der Waals surface area contributed by atoms with E-state index in [-0.39, 0.29) is 41.9 Å². The van der Waals surface area contributed by atoms with Gasteiger partial charge in [0.2, 0.25) is 11.8 Å². The summed E-state index contributed by atoms with van der Waals surface area (Å²) < 4.78 is 33.4. The number of phenols is 2. The molecule has 0 aliphatic rings. The molecule has 3 rings (SSSR count). The second-order valence-corrected chi connectivity index (χ2v) is 8.87. The molecule has 0 heterocycles. The molecular formula is C28H29F2N3O6. The molecule has 3 aromatic carbocycles. The predicted molar refractivity (Wildman–Crippen MR) is 138 cm³/mol. The van der Waals surface area contributed by atoms with Crippen molar-refractivity contribution >= 4 is 17.8 Å². The summed E-state index contributed by atoms with van der Waals surface area (Å²) in [6.07, 6.45) is -0.550. The topological polar surface area (TPSA) is 151 Å². The smallest absolute Gasteiger partial charge is 0.328 e. The van der Waals surface area contributed by atoms with Crippen molar-refractivity contribution in [2.75, 3.05) is 7.11 Å². The second-order valence-electron chi connectivity index (χ2n) is 8.87. The SMILES string of the molecule is COC(=O)[C@H](Cc1ccccc1F)NC(=O)[C@H](Cc1ccccc1F)NC(=O)[C@@H](N)Cc1ccc(O)c(O)c1. The lowest BCUT2D eigenvalue weighted by molar-refractivity contribution is -0.145. The maximum atomic E-state index is 14.4. The number of nitrogens with two attached hydrogens (primary N) is 1. The molecular weight excluding hydrogens is 512 g/mol. The van der Waals surface area contributed by atoms with Crippen LogP contribution in [0.4, 0.5) is 8.78 Å². The Bertz CT molecular complexity index is 1340. The van der Waals surface area contributed by atoms with Crippen molar-refractivity contribution < 1.29 is 38.1 Å². The van der Waals surface area contributed by atoms with Gasteiger partial charge >= 0.3 is 5.97 Å². The number of carbonyl (C=O) groups excluding carboxylic acids is 3. The minimum Gasteiger partial charge on any atom is -0.504 e. The molecule has 0 saturated carbocycles. The largest absolute Gasteiger partial charge is 0.504 e. The lowest BCUT2D eigenvalue weighted by Crippen LogP contribution is -2.56. The lowest BCUT2D eigenvalue weighted by Gasteiger charge is -2.24. The zero-order valence-corrected chi connectivity index (χ0v) is 21.1. The quantitative estimate of drug-likeness (QED) is 0.184. The summed E-state index contributed by atoms with van der Waals surface area (Å²) in [4.78, 5) is 38.7. The van der Waals surface area contributed by atoms with Crippen LogP contribution in [-0.4, -0.2) is 53.2 Å². The first kappa shape index (κ1) is 29.1. The Morgan fingerprint density at radius 1 is 0.795 bits per heavy atom. The van der Waals surface area contributed by atoms with Crippen molar-refractivity contribution in [3.8, 4) is 11.5 Å². The molecule has 0 aliphatic heterocycles. The van der Waals surface area contributed by atoms with E-state index in [9.17, 15) is 33.4 Å². The molecule has 0 saturated heterocycles. The number of aromatic hydroxyl groups is 2. The van der Waals surface area contributed by atoms with Crippen LogP contribution in [0.1, 0.15) is 16.7 Å². The molecule has 206 valence electrons. The number of benzene rings is 3. The van der Waals surface area contributed by atoms with Gasteiger partial charge in [0.1, 0.15) is 23.7 Å². The number of hydrogen-bond donors (Lipinski definition) is 5. The highest BCUT2D eigenvalue weighted by molar-refractivity contribution is 5.92. The molecule has 3 atom stereocenters. The van der Waals surface area contributed by atoms with E-state index in [1.165, 1.54) is 54.6 Å². The van der Waals surface area contributed by atoms with Crippen molar-refractivity contribution in [3.05, 3.63) is 95.1 Å². The molecule has 3 aromatic rings. The van der Waals surface area contributed by atoms with Crippen LogP contribution in [0.5, 0.6) is 11.5 Å². The summed E-state index contributed by atoms with van der Waals surface area (Å²) in [6.45, 7) is 0. The summed E-state index contributed by atoms with van der Waals surface area (Å²) in [5, 5.41) is 24.1. The van der Waals surface area contributed by atoms with Gasteiger partial charge < -0.3 is 31.3 Å². The molecule has 39 heavy (non-hydrogen) atoms. The van der Waals surface area contributed by atoms with E-state index in [4.69, 9.17) is 10.5 Å². The summed E-state index contributed by atoms with van der Waals surface area (Å²) in [5.74, 6) is -4.36. The summed E-state index contributed by atoms with van der Waals surface area (Å²) in [5.41, 5.74) is 6.74. The van der Waals surface area contributed by atoms with Crippen LogP contribution in [-0.2, 0) is 38.4 Å². The fraction of sp³-hybridized carbons (Fsp3) is 0.250. The second kappa shape index (κ2) is 13.3. The number of nitrogens with one attached hydrogen (secondary N) is 2. The number of hydrogen-bond acceptors (Lipinski definition) is 7. The predicted octanol–water partition coefficient (Wildman–Crippen LogP) is 1.87. The van der Waals surface area contributed by atoms with Crippen LogP contribution < -0.4 is 16.4 Å². The van der Waals surface area contributed by atoms with Gasteiger partial charge in [0.05, 0.1) is 13.2 Å². The minimum absolute atomic E-state index is 0.0498. The Hall–Kier alpha value is -4.51.